The molecule has 1 aromatic carbocycles. The van der Waals surface area contributed by atoms with E-state index in [0.29, 0.717) is 17.0 Å². The van der Waals surface area contributed by atoms with E-state index in [2.05, 4.69) is 6.58 Å². The summed E-state index contributed by atoms with van der Waals surface area (Å²) in [4.78, 5) is 9.98. The SMILES string of the molecule is C=C(OC)c1cc(N)cc([N+](=O)[O-])c1. The van der Waals surface area contributed by atoms with Crippen LogP contribution in [0.2, 0.25) is 0 Å². The average Bonchev–Trinajstić information content (AvgIpc) is 2.15. The standard InChI is InChI=1S/C9H10N2O3/c1-6(14-2)7-3-8(10)5-9(4-7)11(12)13/h3-5H,1,10H2,2H3. The van der Waals surface area contributed by atoms with Crippen LogP contribution in [0.1, 0.15) is 5.56 Å². The van der Waals surface area contributed by atoms with E-state index < -0.39 is 4.92 Å². The van der Waals surface area contributed by atoms with Crippen LogP contribution in [0, 0.1) is 10.1 Å². The van der Waals surface area contributed by atoms with Crippen LogP contribution in [0.25, 0.3) is 5.76 Å². The number of nitrogen functional groups attached to an aromatic ring is 1. The fraction of sp³-hybridized carbons (Fsp3) is 0.111. The first-order chi connectivity index (χ1) is 6.54. The Morgan fingerprint density at radius 1 is 1.57 bits per heavy atom. The monoisotopic (exact) mass is 194 g/mol. The van der Waals surface area contributed by atoms with Crippen LogP contribution in [0.3, 0.4) is 0 Å². The van der Waals surface area contributed by atoms with Crippen molar-refractivity contribution >= 4 is 17.1 Å². The van der Waals surface area contributed by atoms with Gasteiger partial charge in [0, 0.05) is 23.4 Å². The summed E-state index contributed by atoms with van der Waals surface area (Å²) in [6.07, 6.45) is 0. The maximum atomic E-state index is 10.5. The first-order valence-electron chi connectivity index (χ1n) is 3.83. The average molecular weight is 194 g/mol. The Labute approximate surface area is 80.9 Å². The van der Waals surface area contributed by atoms with Gasteiger partial charge in [0.05, 0.1) is 12.0 Å². The molecule has 0 aliphatic carbocycles. The molecule has 0 bridgehead atoms. The maximum absolute atomic E-state index is 10.5. The van der Waals surface area contributed by atoms with Gasteiger partial charge in [-0.1, -0.05) is 6.58 Å². The van der Waals surface area contributed by atoms with Crippen LogP contribution >= 0.6 is 0 Å². The van der Waals surface area contributed by atoms with Crippen LogP contribution in [0.4, 0.5) is 11.4 Å². The molecular formula is C9H10N2O3. The molecule has 0 aromatic heterocycles. The Morgan fingerprint density at radius 2 is 2.21 bits per heavy atom. The van der Waals surface area contributed by atoms with E-state index in [4.69, 9.17) is 10.5 Å². The molecule has 0 fully saturated rings. The summed E-state index contributed by atoms with van der Waals surface area (Å²) in [5.74, 6) is 0.348. The molecule has 0 unspecified atom stereocenters. The molecule has 74 valence electrons. The minimum atomic E-state index is -0.511. The van der Waals surface area contributed by atoms with Crippen LogP contribution in [-0.4, -0.2) is 12.0 Å². The number of nitro groups is 1. The summed E-state index contributed by atoms with van der Waals surface area (Å²) < 4.78 is 4.85. The van der Waals surface area contributed by atoms with E-state index in [1.54, 1.807) is 6.07 Å². The zero-order chi connectivity index (χ0) is 10.7. The number of benzene rings is 1. The Bertz CT molecular complexity index is 388. The van der Waals surface area contributed by atoms with Crippen molar-refractivity contribution in [3.63, 3.8) is 0 Å². The maximum Gasteiger partial charge on any atom is 0.272 e. The summed E-state index contributed by atoms with van der Waals surface area (Å²) in [5, 5.41) is 10.5. The largest absolute Gasteiger partial charge is 0.497 e. The second kappa shape index (κ2) is 3.78. The highest BCUT2D eigenvalue weighted by Gasteiger charge is 2.10. The summed E-state index contributed by atoms with van der Waals surface area (Å²) in [6, 6.07) is 4.22. The van der Waals surface area contributed by atoms with Crippen LogP contribution in [-0.2, 0) is 4.74 Å². The molecular weight excluding hydrogens is 184 g/mol. The lowest BCUT2D eigenvalue weighted by Crippen LogP contribution is -1.95. The number of nitrogens with zero attached hydrogens (tertiary/aromatic N) is 1. The minimum Gasteiger partial charge on any atom is -0.497 e. The van der Waals surface area contributed by atoms with E-state index >= 15 is 0 Å². The van der Waals surface area contributed by atoms with Crippen LogP contribution < -0.4 is 5.73 Å². The van der Waals surface area contributed by atoms with Gasteiger partial charge < -0.3 is 10.5 Å². The van der Waals surface area contributed by atoms with Gasteiger partial charge in [0.15, 0.2) is 0 Å². The molecule has 14 heavy (non-hydrogen) atoms. The lowest BCUT2D eigenvalue weighted by molar-refractivity contribution is -0.384. The lowest BCUT2D eigenvalue weighted by Gasteiger charge is -2.04. The molecule has 5 heteroatoms. The van der Waals surface area contributed by atoms with Gasteiger partial charge in [-0.25, -0.2) is 0 Å². The number of methoxy groups -OCH3 is 1. The Balaban J connectivity index is 3.20. The second-order valence-electron chi connectivity index (χ2n) is 2.70. The van der Waals surface area contributed by atoms with Crippen molar-refractivity contribution in [1.29, 1.82) is 0 Å². The van der Waals surface area contributed by atoms with Crippen molar-refractivity contribution in [3.8, 4) is 0 Å². The summed E-state index contributed by atoms with van der Waals surface area (Å²) >= 11 is 0. The van der Waals surface area contributed by atoms with Crippen molar-refractivity contribution < 1.29 is 9.66 Å². The van der Waals surface area contributed by atoms with Gasteiger partial charge in [-0.15, -0.1) is 0 Å². The first-order valence-corrected chi connectivity index (χ1v) is 3.83. The van der Waals surface area contributed by atoms with Gasteiger partial charge in [0.25, 0.3) is 5.69 Å². The van der Waals surface area contributed by atoms with E-state index in [1.165, 1.54) is 19.2 Å². The van der Waals surface area contributed by atoms with Crippen molar-refractivity contribution in [2.45, 2.75) is 0 Å². The molecule has 0 aliphatic rings. The molecule has 0 heterocycles. The fourth-order valence-electron chi connectivity index (χ4n) is 1.02. The zero-order valence-corrected chi connectivity index (χ0v) is 7.69. The number of hydrogen-bond donors (Lipinski definition) is 1. The van der Waals surface area contributed by atoms with Gasteiger partial charge in [-0.2, -0.15) is 0 Å². The second-order valence-corrected chi connectivity index (χ2v) is 2.70. The van der Waals surface area contributed by atoms with Crippen molar-refractivity contribution in [2.24, 2.45) is 0 Å². The zero-order valence-electron chi connectivity index (χ0n) is 7.69. The normalized spacial score (nSPS) is 9.50. The highest BCUT2D eigenvalue weighted by molar-refractivity contribution is 5.65. The minimum absolute atomic E-state index is 0.0711. The smallest absolute Gasteiger partial charge is 0.272 e. The van der Waals surface area contributed by atoms with Crippen molar-refractivity contribution in [2.75, 3.05) is 12.8 Å². The van der Waals surface area contributed by atoms with Crippen molar-refractivity contribution in [3.05, 3.63) is 40.5 Å². The van der Waals surface area contributed by atoms with Crippen LogP contribution in [0.15, 0.2) is 24.8 Å². The topological polar surface area (TPSA) is 78.4 Å². The third-order valence-corrected chi connectivity index (χ3v) is 1.72. The van der Waals surface area contributed by atoms with Gasteiger partial charge >= 0.3 is 0 Å². The Morgan fingerprint density at radius 3 is 2.71 bits per heavy atom. The van der Waals surface area contributed by atoms with Gasteiger partial charge in [0.2, 0.25) is 0 Å². The lowest BCUT2D eigenvalue weighted by atomic mass is 10.1. The predicted molar refractivity (Wildman–Crippen MR) is 53.6 cm³/mol. The molecule has 0 spiro atoms. The molecule has 0 atom stereocenters. The van der Waals surface area contributed by atoms with Gasteiger partial charge in [-0.05, 0) is 6.07 Å². The Kier molecular flexibility index (Phi) is 2.71. The summed E-state index contributed by atoms with van der Waals surface area (Å²) in [6.45, 7) is 3.58. The number of anilines is 1. The molecule has 1 rings (SSSR count). The molecule has 0 saturated carbocycles. The third-order valence-electron chi connectivity index (χ3n) is 1.72. The first kappa shape index (κ1) is 10.0. The van der Waals surface area contributed by atoms with Gasteiger partial charge in [0.1, 0.15) is 5.76 Å². The number of nitro benzene ring substituents is 1. The third kappa shape index (κ3) is 2.01. The number of ether oxygens (including phenoxy) is 1. The van der Waals surface area contributed by atoms with E-state index in [9.17, 15) is 10.1 Å². The molecule has 0 radical (unpaired) electrons. The van der Waals surface area contributed by atoms with E-state index in [1.807, 2.05) is 0 Å². The number of non-ortho nitro benzene ring substituents is 1. The highest BCUT2D eigenvalue weighted by atomic mass is 16.6. The van der Waals surface area contributed by atoms with Gasteiger partial charge in [-0.3, -0.25) is 10.1 Å². The molecule has 2 N–H and O–H groups in total. The van der Waals surface area contributed by atoms with E-state index in [0.717, 1.165) is 0 Å². The molecule has 5 nitrogen and oxygen atoms in total. The molecule has 0 aliphatic heterocycles. The number of hydrogen-bond acceptors (Lipinski definition) is 4. The molecule has 0 amide bonds. The molecule has 0 saturated heterocycles. The summed E-state index contributed by atoms with van der Waals surface area (Å²) in [5.41, 5.74) is 6.24. The number of nitrogens with two attached hydrogens (primary N) is 1. The summed E-state index contributed by atoms with van der Waals surface area (Å²) in [7, 11) is 1.44. The molecule has 1 aromatic rings. The highest BCUT2D eigenvalue weighted by Crippen LogP contribution is 2.23. The predicted octanol–water partition coefficient (Wildman–Crippen LogP) is 1.79. The van der Waals surface area contributed by atoms with Crippen LogP contribution in [0.5, 0.6) is 0 Å². The number of rotatable bonds is 3. The van der Waals surface area contributed by atoms with E-state index in [-0.39, 0.29) is 5.69 Å². The Hall–Kier alpha value is -2.04. The quantitative estimate of drug-likeness (QED) is 0.344. The fourth-order valence-corrected chi connectivity index (χ4v) is 1.02. The van der Waals surface area contributed by atoms with Crippen molar-refractivity contribution in [1.82, 2.24) is 0 Å².